The maximum absolute atomic E-state index is 13.9. The van der Waals surface area contributed by atoms with Gasteiger partial charge in [0.25, 0.3) is 0 Å². The molecule has 4 aromatic rings. The Morgan fingerprint density at radius 2 is 1.70 bits per heavy atom. The SMILES string of the molecule is Cc1nn(C2COC2)cc1Nc1ncnc(N2CCN(c3ncc(Sc4ccccc4F)cn3)CC2)n1. The van der Waals surface area contributed by atoms with Crippen LogP contribution in [0.5, 0.6) is 0 Å². The number of ether oxygens (including phenoxy) is 1. The second-order valence-corrected chi connectivity index (χ2v) is 9.87. The lowest BCUT2D eigenvalue weighted by atomic mass is 10.3. The molecule has 2 fully saturated rings. The van der Waals surface area contributed by atoms with E-state index in [-0.39, 0.29) is 11.9 Å². The summed E-state index contributed by atoms with van der Waals surface area (Å²) in [4.78, 5) is 27.9. The molecule has 0 saturated carbocycles. The van der Waals surface area contributed by atoms with Crippen LogP contribution >= 0.6 is 11.8 Å². The van der Waals surface area contributed by atoms with Gasteiger partial charge in [0.1, 0.15) is 12.1 Å². The van der Waals surface area contributed by atoms with Crippen molar-refractivity contribution in [3.8, 4) is 0 Å². The molecule has 1 aromatic carbocycles. The standard InChI is InChI=1S/C24H25FN10OS/c1-16-20(12-35(32-16)17-13-36-14-17)30-22-28-15-29-24(31-22)34-8-6-33(7-9-34)23-26-10-18(11-27-23)37-21-5-3-2-4-19(21)25/h2-5,10-12,15,17H,6-9,13-14H2,1H3,(H,28,29,30,31). The van der Waals surface area contributed by atoms with Gasteiger partial charge in [0, 0.05) is 54.6 Å². The Bertz CT molecular complexity index is 1370. The van der Waals surface area contributed by atoms with Crippen molar-refractivity contribution in [2.24, 2.45) is 0 Å². The quantitative estimate of drug-likeness (QED) is 0.388. The zero-order valence-electron chi connectivity index (χ0n) is 20.2. The lowest BCUT2D eigenvalue weighted by Crippen LogP contribution is -2.47. The van der Waals surface area contributed by atoms with Crippen molar-refractivity contribution in [2.75, 3.05) is 54.5 Å². The van der Waals surface area contributed by atoms with Gasteiger partial charge in [-0.3, -0.25) is 4.68 Å². The molecule has 0 aliphatic carbocycles. The van der Waals surface area contributed by atoms with Gasteiger partial charge in [-0.05, 0) is 19.1 Å². The molecule has 13 heteroatoms. The van der Waals surface area contributed by atoms with E-state index in [0.29, 0.717) is 36.0 Å². The second-order valence-electron chi connectivity index (χ2n) is 8.76. The molecule has 2 aliphatic heterocycles. The van der Waals surface area contributed by atoms with Gasteiger partial charge in [-0.15, -0.1) is 0 Å². The summed E-state index contributed by atoms with van der Waals surface area (Å²) in [5.74, 6) is 1.50. The molecule has 0 amide bonds. The largest absolute Gasteiger partial charge is 0.377 e. The first-order chi connectivity index (χ1) is 18.1. The average Bonchev–Trinajstić information content (AvgIpc) is 3.24. The maximum atomic E-state index is 13.9. The van der Waals surface area contributed by atoms with Gasteiger partial charge in [-0.25, -0.2) is 24.3 Å². The molecule has 0 unspecified atom stereocenters. The van der Waals surface area contributed by atoms with Crippen molar-refractivity contribution in [1.82, 2.24) is 34.7 Å². The summed E-state index contributed by atoms with van der Waals surface area (Å²) in [6.45, 7) is 6.21. The fourth-order valence-corrected chi connectivity index (χ4v) is 4.85. The molecule has 2 aliphatic rings. The minimum Gasteiger partial charge on any atom is -0.377 e. The number of piperazine rings is 1. The number of aromatic nitrogens is 7. The maximum Gasteiger partial charge on any atom is 0.232 e. The summed E-state index contributed by atoms with van der Waals surface area (Å²) < 4.78 is 21.1. The van der Waals surface area contributed by atoms with Crippen LogP contribution in [0.15, 0.2) is 59.0 Å². The van der Waals surface area contributed by atoms with Crippen LogP contribution in [0.25, 0.3) is 0 Å². The molecular weight excluding hydrogens is 495 g/mol. The average molecular weight is 521 g/mol. The van der Waals surface area contributed by atoms with Crippen molar-refractivity contribution >= 4 is 35.3 Å². The molecule has 0 spiro atoms. The minimum absolute atomic E-state index is 0.252. The van der Waals surface area contributed by atoms with E-state index in [1.165, 1.54) is 24.2 Å². The van der Waals surface area contributed by atoms with Crippen LogP contribution in [0.4, 0.5) is 27.9 Å². The van der Waals surface area contributed by atoms with E-state index in [9.17, 15) is 4.39 Å². The topological polar surface area (TPSA) is 110 Å². The Hall–Kier alpha value is -3.84. The smallest absolute Gasteiger partial charge is 0.232 e. The number of benzene rings is 1. The molecule has 0 bridgehead atoms. The number of anilines is 4. The van der Waals surface area contributed by atoms with Crippen LogP contribution in [-0.2, 0) is 4.74 Å². The van der Waals surface area contributed by atoms with Crippen LogP contribution in [0, 0.1) is 12.7 Å². The number of hydrogen-bond donors (Lipinski definition) is 1. The van der Waals surface area contributed by atoms with Gasteiger partial charge in [0.05, 0.1) is 30.6 Å². The van der Waals surface area contributed by atoms with E-state index < -0.39 is 0 Å². The lowest BCUT2D eigenvalue weighted by molar-refractivity contribution is -0.0287. The molecule has 1 N–H and O–H groups in total. The first kappa shape index (κ1) is 23.6. The number of aryl methyl sites for hydroxylation is 1. The van der Waals surface area contributed by atoms with Crippen LogP contribution in [0.3, 0.4) is 0 Å². The third-order valence-corrected chi connectivity index (χ3v) is 7.24. The number of hydrogen-bond acceptors (Lipinski definition) is 11. The van der Waals surface area contributed by atoms with Crippen LogP contribution in [-0.4, -0.2) is 74.1 Å². The molecule has 37 heavy (non-hydrogen) atoms. The van der Waals surface area contributed by atoms with Gasteiger partial charge in [-0.2, -0.15) is 10.1 Å². The second kappa shape index (κ2) is 10.3. The highest BCUT2D eigenvalue weighted by Crippen LogP contribution is 2.29. The third kappa shape index (κ3) is 5.18. The minimum atomic E-state index is -0.252. The van der Waals surface area contributed by atoms with E-state index in [4.69, 9.17) is 4.74 Å². The fraction of sp³-hybridized carbons (Fsp3) is 0.333. The Balaban J connectivity index is 1.06. The monoisotopic (exact) mass is 520 g/mol. The summed E-state index contributed by atoms with van der Waals surface area (Å²) in [6, 6.07) is 6.96. The first-order valence-electron chi connectivity index (χ1n) is 12.0. The van der Waals surface area contributed by atoms with E-state index in [0.717, 1.165) is 42.5 Å². The normalized spacial score (nSPS) is 16.1. The summed E-state index contributed by atoms with van der Waals surface area (Å²) in [5.41, 5.74) is 1.74. The van der Waals surface area contributed by atoms with E-state index >= 15 is 0 Å². The van der Waals surface area contributed by atoms with E-state index in [1.807, 2.05) is 23.9 Å². The van der Waals surface area contributed by atoms with E-state index in [1.54, 1.807) is 24.5 Å². The van der Waals surface area contributed by atoms with E-state index in [2.05, 4.69) is 45.1 Å². The molecule has 190 valence electrons. The highest BCUT2D eigenvalue weighted by atomic mass is 32.2. The molecule has 0 atom stereocenters. The zero-order chi connectivity index (χ0) is 25.2. The predicted octanol–water partition coefficient (Wildman–Crippen LogP) is 3.10. The molecular formula is C24H25FN10OS. The molecule has 6 rings (SSSR count). The highest BCUT2D eigenvalue weighted by molar-refractivity contribution is 7.99. The summed E-state index contributed by atoms with van der Waals surface area (Å²) in [6.07, 6.45) is 6.95. The van der Waals surface area contributed by atoms with Crippen molar-refractivity contribution < 1.29 is 9.13 Å². The Kier molecular flexibility index (Phi) is 6.53. The van der Waals surface area contributed by atoms with Crippen LogP contribution < -0.4 is 15.1 Å². The van der Waals surface area contributed by atoms with Gasteiger partial charge in [0.2, 0.25) is 17.8 Å². The van der Waals surface area contributed by atoms with Crippen molar-refractivity contribution in [3.63, 3.8) is 0 Å². The van der Waals surface area contributed by atoms with Crippen LogP contribution in [0.1, 0.15) is 11.7 Å². The van der Waals surface area contributed by atoms with Gasteiger partial charge < -0.3 is 19.9 Å². The number of rotatable bonds is 7. The van der Waals surface area contributed by atoms with Crippen molar-refractivity contribution in [3.05, 3.63) is 60.7 Å². The Morgan fingerprint density at radius 3 is 2.41 bits per heavy atom. The summed E-state index contributed by atoms with van der Waals surface area (Å²) in [7, 11) is 0. The molecule has 3 aromatic heterocycles. The Labute approximate surface area is 217 Å². The molecule has 11 nitrogen and oxygen atoms in total. The highest BCUT2D eigenvalue weighted by Gasteiger charge is 2.23. The first-order valence-corrected chi connectivity index (χ1v) is 12.8. The number of nitrogens with zero attached hydrogens (tertiary/aromatic N) is 9. The predicted molar refractivity (Wildman–Crippen MR) is 137 cm³/mol. The third-order valence-electron chi connectivity index (χ3n) is 6.24. The lowest BCUT2D eigenvalue weighted by Gasteiger charge is -2.34. The molecule has 0 radical (unpaired) electrons. The van der Waals surface area contributed by atoms with Gasteiger partial charge in [0.15, 0.2) is 0 Å². The zero-order valence-corrected chi connectivity index (χ0v) is 21.0. The van der Waals surface area contributed by atoms with Crippen LogP contribution in [0.2, 0.25) is 0 Å². The fourth-order valence-electron chi connectivity index (χ4n) is 4.07. The number of nitrogens with one attached hydrogen (secondary N) is 1. The summed E-state index contributed by atoms with van der Waals surface area (Å²) in [5, 5.41) is 7.83. The molecule has 5 heterocycles. The molecule has 2 saturated heterocycles. The number of halogens is 1. The Morgan fingerprint density at radius 1 is 0.973 bits per heavy atom. The summed E-state index contributed by atoms with van der Waals surface area (Å²) >= 11 is 1.31. The van der Waals surface area contributed by atoms with Gasteiger partial charge in [-0.1, -0.05) is 23.9 Å². The van der Waals surface area contributed by atoms with Crippen molar-refractivity contribution in [2.45, 2.75) is 22.8 Å². The van der Waals surface area contributed by atoms with Crippen molar-refractivity contribution in [1.29, 1.82) is 0 Å². The van der Waals surface area contributed by atoms with Gasteiger partial charge >= 0.3 is 0 Å².